The van der Waals surface area contributed by atoms with Gasteiger partial charge in [-0.05, 0) is 101 Å². The van der Waals surface area contributed by atoms with Gasteiger partial charge in [0.1, 0.15) is 10.0 Å². The highest BCUT2D eigenvalue weighted by molar-refractivity contribution is 7.21. The zero-order chi connectivity index (χ0) is 33.5. The van der Waals surface area contributed by atoms with Crippen molar-refractivity contribution in [2.45, 2.75) is 0 Å². The van der Waals surface area contributed by atoms with Crippen molar-refractivity contribution in [1.82, 2.24) is 0 Å². The quantitative estimate of drug-likeness (QED) is 0.129. The lowest BCUT2D eigenvalue weighted by Gasteiger charge is -2.25. The molecule has 0 radical (unpaired) electrons. The lowest BCUT2D eigenvalue weighted by Crippen LogP contribution is -2.07. The van der Waals surface area contributed by atoms with Crippen molar-refractivity contribution in [2.24, 2.45) is 0 Å². The fraction of sp³-hybridized carbons (Fsp3) is 0. The summed E-state index contributed by atoms with van der Waals surface area (Å²) in [5, 5.41) is 17.9. The van der Waals surface area contributed by atoms with E-state index >= 15 is 0 Å². The summed E-state index contributed by atoms with van der Waals surface area (Å²) in [6.07, 6.45) is 0. The third kappa shape index (κ3) is 4.39. The molecule has 3 heteroatoms. The molecular weight excluding hydrogens is 655 g/mol. The van der Waals surface area contributed by atoms with Gasteiger partial charge < -0.3 is 0 Å². The van der Waals surface area contributed by atoms with Gasteiger partial charge in [0.2, 0.25) is 0 Å². The fourth-order valence-corrected chi connectivity index (χ4v) is 10.4. The molecule has 1 nitrogen and oxygen atoms in total. The summed E-state index contributed by atoms with van der Waals surface area (Å²) in [6.45, 7) is 0. The minimum Gasteiger partial charge on any atom is -0.292 e. The normalized spacial score (nSPS) is 11.9. The van der Waals surface area contributed by atoms with E-state index in [0.717, 1.165) is 0 Å². The summed E-state index contributed by atoms with van der Waals surface area (Å²) in [6, 6.07) is 64.9. The Balaban J connectivity index is 1.16. The zero-order valence-corrected chi connectivity index (χ0v) is 29.1. The van der Waals surface area contributed by atoms with Gasteiger partial charge in [0.15, 0.2) is 0 Å². The summed E-state index contributed by atoms with van der Waals surface area (Å²) in [5.74, 6) is 0. The Hall–Kier alpha value is -6.00. The van der Waals surface area contributed by atoms with Gasteiger partial charge in [-0.15, -0.1) is 22.7 Å². The molecule has 0 fully saturated rings. The van der Waals surface area contributed by atoms with Crippen LogP contribution in [-0.2, 0) is 0 Å². The largest absolute Gasteiger partial charge is 0.292 e. The molecule has 0 aliphatic rings. The van der Waals surface area contributed by atoms with Gasteiger partial charge in [-0.1, -0.05) is 146 Å². The van der Waals surface area contributed by atoms with Gasteiger partial charge in [0.25, 0.3) is 0 Å². The summed E-state index contributed by atoms with van der Waals surface area (Å²) in [5.41, 5.74) is 3.74. The SMILES string of the molecule is c1ccc2c(-c3ccc(N(c4ccc(-c5cccc6ccccc56)s4)c4ccc5c6cccc7cccc(c8cccc4c85)c76)s3)cccc2c1. The third-order valence-electron chi connectivity index (χ3n) is 10.5. The number of anilines is 3. The van der Waals surface area contributed by atoms with Gasteiger partial charge in [0.05, 0.1) is 5.69 Å². The summed E-state index contributed by atoms with van der Waals surface area (Å²) >= 11 is 3.72. The Kier molecular flexibility index (Phi) is 6.36. The van der Waals surface area contributed by atoms with E-state index in [4.69, 9.17) is 0 Å². The molecule has 0 spiro atoms. The van der Waals surface area contributed by atoms with E-state index in [-0.39, 0.29) is 0 Å². The zero-order valence-electron chi connectivity index (χ0n) is 27.5. The first kappa shape index (κ1) is 28.8. The Morgan fingerprint density at radius 3 is 1.33 bits per heavy atom. The van der Waals surface area contributed by atoms with Crippen LogP contribution in [0.15, 0.2) is 176 Å². The van der Waals surface area contributed by atoms with Crippen LogP contribution in [0, 0.1) is 0 Å². The molecule has 0 saturated heterocycles. The molecule has 0 saturated carbocycles. The van der Waals surface area contributed by atoms with Gasteiger partial charge in [-0.25, -0.2) is 0 Å². The number of hydrogen-bond donors (Lipinski definition) is 0. The predicted octanol–water partition coefficient (Wildman–Crippen LogP) is 15.0. The van der Waals surface area contributed by atoms with E-state index in [1.54, 1.807) is 0 Å². The number of benzene rings is 9. The Bertz CT molecular complexity index is 2930. The van der Waals surface area contributed by atoms with Crippen LogP contribution < -0.4 is 4.90 Å². The molecule has 0 bridgehead atoms. The van der Waals surface area contributed by atoms with E-state index in [2.05, 4.69) is 181 Å². The van der Waals surface area contributed by atoms with E-state index in [1.807, 2.05) is 22.7 Å². The first-order valence-corrected chi connectivity index (χ1v) is 19.0. The molecule has 0 amide bonds. The molecule has 11 aromatic rings. The first-order chi connectivity index (χ1) is 25.3. The van der Waals surface area contributed by atoms with E-state index in [1.165, 1.54) is 101 Å². The van der Waals surface area contributed by atoms with Crippen LogP contribution in [0.25, 0.3) is 85.5 Å². The third-order valence-corrected chi connectivity index (χ3v) is 12.7. The van der Waals surface area contributed by atoms with Crippen LogP contribution in [0.2, 0.25) is 0 Å². The molecule has 0 aliphatic heterocycles. The Labute approximate surface area is 303 Å². The van der Waals surface area contributed by atoms with Crippen LogP contribution in [0.5, 0.6) is 0 Å². The number of rotatable bonds is 5. The lowest BCUT2D eigenvalue weighted by molar-refractivity contribution is 1.38. The van der Waals surface area contributed by atoms with Gasteiger partial charge >= 0.3 is 0 Å². The van der Waals surface area contributed by atoms with Crippen LogP contribution in [-0.4, -0.2) is 0 Å². The first-order valence-electron chi connectivity index (χ1n) is 17.3. The van der Waals surface area contributed by atoms with Crippen LogP contribution in [0.4, 0.5) is 15.7 Å². The molecule has 51 heavy (non-hydrogen) atoms. The van der Waals surface area contributed by atoms with Gasteiger partial charge in [-0.2, -0.15) is 0 Å². The molecule has 0 aliphatic carbocycles. The van der Waals surface area contributed by atoms with E-state index < -0.39 is 0 Å². The predicted molar refractivity (Wildman–Crippen MR) is 224 cm³/mol. The lowest BCUT2D eigenvalue weighted by atomic mass is 9.89. The van der Waals surface area contributed by atoms with Crippen LogP contribution in [0.1, 0.15) is 0 Å². The van der Waals surface area contributed by atoms with E-state index in [0.29, 0.717) is 0 Å². The van der Waals surface area contributed by atoms with Crippen molar-refractivity contribution in [2.75, 3.05) is 4.90 Å². The highest BCUT2D eigenvalue weighted by atomic mass is 32.1. The van der Waals surface area contributed by atoms with Crippen LogP contribution in [0.3, 0.4) is 0 Å². The van der Waals surface area contributed by atoms with E-state index in [9.17, 15) is 0 Å². The number of nitrogens with zero attached hydrogens (tertiary/aromatic N) is 1. The van der Waals surface area contributed by atoms with Crippen molar-refractivity contribution in [3.63, 3.8) is 0 Å². The maximum absolute atomic E-state index is 2.50. The second-order valence-corrected chi connectivity index (χ2v) is 15.4. The van der Waals surface area contributed by atoms with Crippen molar-refractivity contribution in [3.05, 3.63) is 176 Å². The Morgan fingerprint density at radius 2 is 0.725 bits per heavy atom. The molecule has 238 valence electrons. The topological polar surface area (TPSA) is 3.24 Å². The molecule has 9 aromatic carbocycles. The minimum absolute atomic E-state index is 1.19. The van der Waals surface area contributed by atoms with Crippen molar-refractivity contribution >= 4 is 103 Å². The van der Waals surface area contributed by atoms with Crippen LogP contribution >= 0.6 is 22.7 Å². The van der Waals surface area contributed by atoms with Crippen molar-refractivity contribution in [3.8, 4) is 20.9 Å². The second-order valence-electron chi connectivity index (χ2n) is 13.2. The number of fused-ring (bicyclic) bond motifs is 4. The minimum atomic E-state index is 1.19. The van der Waals surface area contributed by atoms with Crippen molar-refractivity contribution in [1.29, 1.82) is 0 Å². The number of thiophene rings is 2. The summed E-state index contributed by atoms with van der Waals surface area (Å²) in [7, 11) is 0. The standard InChI is InChI=1S/C48H29NS2/c1-3-16-33-30(10-1)12-5-18-35(33)43-26-28-45(50-43)49(46-29-27-44(51-46)36-19-6-13-31-11-2-4-17-34(31)36)42-25-24-40-38-21-8-15-32-14-7-20-37(47(32)38)39-22-9-23-41(42)48(39)40/h1-29H. The summed E-state index contributed by atoms with van der Waals surface area (Å²) in [4.78, 5) is 5.03. The monoisotopic (exact) mass is 683 g/mol. The molecule has 0 N–H and O–H groups in total. The van der Waals surface area contributed by atoms with Crippen molar-refractivity contribution < 1.29 is 0 Å². The van der Waals surface area contributed by atoms with Gasteiger partial charge in [-0.3, -0.25) is 4.90 Å². The molecule has 0 unspecified atom stereocenters. The molecule has 2 aromatic heterocycles. The highest BCUT2D eigenvalue weighted by Gasteiger charge is 2.23. The van der Waals surface area contributed by atoms with Gasteiger partial charge in [0, 0.05) is 15.1 Å². The second kappa shape index (κ2) is 11.3. The Morgan fingerprint density at radius 1 is 0.294 bits per heavy atom. The maximum atomic E-state index is 2.50. The smallest absolute Gasteiger partial charge is 0.101 e. The fourth-order valence-electron chi connectivity index (χ4n) is 8.24. The molecule has 2 heterocycles. The average Bonchev–Trinajstić information content (AvgIpc) is 3.88. The average molecular weight is 684 g/mol. The molecule has 11 rings (SSSR count). The number of hydrogen-bond acceptors (Lipinski definition) is 3. The molecule has 0 atom stereocenters. The summed E-state index contributed by atoms with van der Waals surface area (Å²) < 4.78 is 0. The molecular formula is C48H29NS2. The highest BCUT2D eigenvalue weighted by Crippen LogP contribution is 2.51. The maximum Gasteiger partial charge on any atom is 0.101 e.